The summed E-state index contributed by atoms with van der Waals surface area (Å²) in [6.45, 7) is 0. The van der Waals surface area contributed by atoms with E-state index in [0.717, 1.165) is 10.9 Å². The van der Waals surface area contributed by atoms with Gasteiger partial charge in [0, 0.05) is 4.47 Å². The van der Waals surface area contributed by atoms with Gasteiger partial charge in [0.25, 0.3) is 0 Å². The van der Waals surface area contributed by atoms with E-state index in [2.05, 4.69) is 76.6 Å². The molecule has 3 aromatic carbocycles. The molecule has 0 N–H and O–H groups in total. The highest BCUT2D eigenvalue weighted by Gasteiger charge is 2.13. The number of hydrogen-bond donors (Lipinski definition) is 0. The Morgan fingerprint density at radius 3 is 2.20 bits per heavy atom. The second-order valence-electron chi connectivity index (χ2n) is 4.84. The first-order valence-electron chi connectivity index (χ1n) is 6.61. The normalized spacial score (nSPS) is 12.5. The molecule has 1 unspecified atom stereocenters. The standard InChI is InChI=1S/C18H14BrCl/c19-17-11-10-16(14-8-4-5-9-15(14)17)18(20)12-13-6-2-1-3-7-13/h1-11,18H,12H2. The van der Waals surface area contributed by atoms with Crippen LogP contribution in [0.1, 0.15) is 16.5 Å². The van der Waals surface area contributed by atoms with Gasteiger partial charge in [-0.1, -0.05) is 76.6 Å². The van der Waals surface area contributed by atoms with Crippen LogP contribution >= 0.6 is 27.5 Å². The van der Waals surface area contributed by atoms with Crippen molar-refractivity contribution in [3.63, 3.8) is 0 Å². The highest BCUT2D eigenvalue weighted by molar-refractivity contribution is 9.10. The number of fused-ring (bicyclic) bond motifs is 1. The van der Waals surface area contributed by atoms with E-state index >= 15 is 0 Å². The summed E-state index contributed by atoms with van der Waals surface area (Å²) in [4.78, 5) is 0. The molecule has 0 spiro atoms. The minimum atomic E-state index is -0.0181. The van der Waals surface area contributed by atoms with Crippen molar-refractivity contribution in [1.82, 2.24) is 0 Å². The van der Waals surface area contributed by atoms with Gasteiger partial charge in [-0.05, 0) is 34.4 Å². The third-order valence-corrected chi connectivity index (χ3v) is 4.58. The lowest BCUT2D eigenvalue weighted by Crippen LogP contribution is -1.97. The van der Waals surface area contributed by atoms with Crippen molar-refractivity contribution in [3.05, 3.63) is 82.3 Å². The van der Waals surface area contributed by atoms with Crippen molar-refractivity contribution in [1.29, 1.82) is 0 Å². The van der Waals surface area contributed by atoms with Gasteiger partial charge >= 0.3 is 0 Å². The van der Waals surface area contributed by atoms with Crippen molar-refractivity contribution in [2.24, 2.45) is 0 Å². The van der Waals surface area contributed by atoms with Gasteiger partial charge in [-0.3, -0.25) is 0 Å². The molecule has 0 aliphatic rings. The molecular formula is C18H14BrCl. The van der Waals surface area contributed by atoms with Crippen LogP contribution in [0.4, 0.5) is 0 Å². The van der Waals surface area contributed by atoms with E-state index < -0.39 is 0 Å². The largest absolute Gasteiger partial charge is 0.117 e. The first-order valence-corrected chi connectivity index (χ1v) is 7.84. The Morgan fingerprint density at radius 1 is 0.800 bits per heavy atom. The molecule has 3 rings (SSSR count). The predicted octanol–water partition coefficient (Wildman–Crippen LogP) is 6.12. The van der Waals surface area contributed by atoms with Crippen LogP contribution in [0.5, 0.6) is 0 Å². The van der Waals surface area contributed by atoms with Gasteiger partial charge in [0.15, 0.2) is 0 Å². The Labute approximate surface area is 132 Å². The number of hydrogen-bond acceptors (Lipinski definition) is 0. The molecule has 0 heterocycles. The zero-order valence-corrected chi connectivity index (χ0v) is 13.2. The Kier molecular flexibility index (Phi) is 4.09. The van der Waals surface area contributed by atoms with Crippen LogP contribution in [-0.2, 0) is 6.42 Å². The third-order valence-electron chi connectivity index (χ3n) is 3.50. The lowest BCUT2D eigenvalue weighted by Gasteiger charge is -2.14. The molecular weight excluding hydrogens is 332 g/mol. The van der Waals surface area contributed by atoms with E-state index in [1.807, 2.05) is 6.07 Å². The number of halogens is 2. The molecule has 0 bridgehead atoms. The summed E-state index contributed by atoms with van der Waals surface area (Å²) in [5.41, 5.74) is 2.45. The molecule has 20 heavy (non-hydrogen) atoms. The van der Waals surface area contributed by atoms with Crippen molar-refractivity contribution in [3.8, 4) is 0 Å². The van der Waals surface area contributed by atoms with Crippen LogP contribution in [0.2, 0.25) is 0 Å². The lowest BCUT2D eigenvalue weighted by molar-refractivity contribution is 0.928. The molecule has 100 valence electrons. The fraction of sp³-hybridized carbons (Fsp3) is 0.111. The second kappa shape index (κ2) is 5.99. The van der Waals surface area contributed by atoms with Crippen LogP contribution in [0.25, 0.3) is 10.8 Å². The topological polar surface area (TPSA) is 0 Å². The molecule has 0 aliphatic heterocycles. The third kappa shape index (κ3) is 2.74. The van der Waals surface area contributed by atoms with Crippen molar-refractivity contribution in [2.45, 2.75) is 11.8 Å². The van der Waals surface area contributed by atoms with E-state index in [9.17, 15) is 0 Å². The molecule has 0 fully saturated rings. The van der Waals surface area contributed by atoms with Gasteiger partial charge in [-0.25, -0.2) is 0 Å². The SMILES string of the molecule is ClC(Cc1ccccc1)c1ccc(Br)c2ccccc12. The van der Waals surface area contributed by atoms with Crippen LogP contribution in [0.3, 0.4) is 0 Å². The van der Waals surface area contributed by atoms with E-state index in [0.29, 0.717) is 0 Å². The maximum Gasteiger partial charge on any atom is 0.0631 e. The average molecular weight is 346 g/mol. The molecule has 0 saturated heterocycles. The van der Waals surface area contributed by atoms with Gasteiger partial charge in [0.05, 0.1) is 5.38 Å². The van der Waals surface area contributed by atoms with Crippen LogP contribution in [-0.4, -0.2) is 0 Å². The van der Waals surface area contributed by atoms with E-state index in [1.165, 1.54) is 21.9 Å². The first-order chi connectivity index (χ1) is 9.75. The van der Waals surface area contributed by atoms with E-state index in [1.54, 1.807) is 0 Å². The van der Waals surface area contributed by atoms with E-state index in [4.69, 9.17) is 11.6 Å². The summed E-state index contributed by atoms with van der Waals surface area (Å²) < 4.78 is 1.11. The molecule has 1 atom stereocenters. The van der Waals surface area contributed by atoms with Gasteiger partial charge in [-0.15, -0.1) is 11.6 Å². The Hall–Kier alpha value is -1.31. The van der Waals surface area contributed by atoms with E-state index in [-0.39, 0.29) is 5.38 Å². The molecule has 0 aliphatic carbocycles. The average Bonchev–Trinajstić information content (AvgIpc) is 2.49. The highest BCUT2D eigenvalue weighted by atomic mass is 79.9. The smallest absolute Gasteiger partial charge is 0.0631 e. The van der Waals surface area contributed by atoms with Gasteiger partial charge in [-0.2, -0.15) is 0 Å². The summed E-state index contributed by atoms with van der Waals surface area (Å²) in [5.74, 6) is 0. The van der Waals surface area contributed by atoms with Gasteiger partial charge in [0.2, 0.25) is 0 Å². The van der Waals surface area contributed by atoms with Crippen molar-refractivity contribution < 1.29 is 0 Å². The zero-order valence-electron chi connectivity index (χ0n) is 10.9. The van der Waals surface area contributed by atoms with Crippen LogP contribution in [0, 0.1) is 0 Å². The fourth-order valence-corrected chi connectivity index (χ4v) is 3.34. The summed E-state index contributed by atoms with van der Waals surface area (Å²) in [6, 6.07) is 22.9. The first kappa shape index (κ1) is 13.7. The number of rotatable bonds is 3. The fourth-order valence-electron chi connectivity index (χ4n) is 2.49. The summed E-state index contributed by atoms with van der Waals surface area (Å²) in [6.07, 6.45) is 0.841. The van der Waals surface area contributed by atoms with Gasteiger partial charge in [0.1, 0.15) is 0 Å². The Balaban J connectivity index is 2.00. The Bertz CT molecular complexity index is 722. The molecule has 0 saturated carbocycles. The quantitative estimate of drug-likeness (QED) is 0.501. The monoisotopic (exact) mass is 344 g/mol. The minimum Gasteiger partial charge on any atom is -0.117 e. The van der Waals surface area contributed by atoms with Crippen molar-refractivity contribution in [2.75, 3.05) is 0 Å². The molecule has 0 aromatic heterocycles. The molecule has 0 radical (unpaired) electrons. The zero-order chi connectivity index (χ0) is 13.9. The maximum atomic E-state index is 6.66. The maximum absolute atomic E-state index is 6.66. The predicted molar refractivity (Wildman–Crippen MR) is 90.4 cm³/mol. The van der Waals surface area contributed by atoms with Crippen LogP contribution < -0.4 is 0 Å². The number of benzene rings is 3. The minimum absolute atomic E-state index is 0.0181. The molecule has 2 heteroatoms. The van der Waals surface area contributed by atoms with Crippen molar-refractivity contribution >= 4 is 38.3 Å². The second-order valence-corrected chi connectivity index (χ2v) is 6.22. The summed E-state index contributed by atoms with van der Waals surface area (Å²) >= 11 is 10.3. The molecule has 0 amide bonds. The summed E-state index contributed by atoms with van der Waals surface area (Å²) in [7, 11) is 0. The highest BCUT2D eigenvalue weighted by Crippen LogP contribution is 2.34. The molecule has 3 aromatic rings. The van der Waals surface area contributed by atoms with Gasteiger partial charge < -0.3 is 0 Å². The number of alkyl halides is 1. The molecule has 0 nitrogen and oxygen atoms in total. The Morgan fingerprint density at radius 2 is 1.45 bits per heavy atom. The van der Waals surface area contributed by atoms with Crippen LogP contribution in [0.15, 0.2) is 71.2 Å². The lowest BCUT2D eigenvalue weighted by atomic mass is 9.98. The summed E-state index contributed by atoms with van der Waals surface area (Å²) in [5, 5.41) is 2.41.